The van der Waals surface area contributed by atoms with E-state index in [1.807, 2.05) is 12.1 Å². The summed E-state index contributed by atoms with van der Waals surface area (Å²) >= 11 is 0. The minimum Gasteiger partial charge on any atom is -0.467 e. The minimum atomic E-state index is 0.543. The van der Waals surface area contributed by atoms with E-state index in [1.165, 1.54) is 6.42 Å². The van der Waals surface area contributed by atoms with Gasteiger partial charge >= 0.3 is 0 Å². The van der Waals surface area contributed by atoms with Crippen LogP contribution < -0.4 is 5.32 Å². The summed E-state index contributed by atoms with van der Waals surface area (Å²) in [5.74, 6) is 0.868. The molecule has 1 aromatic rings. The first-order valence-electron chi connectivity index (χ1n) is 6.32. The van der Waals surface area contributed by atoms with Gasteiger partial charge in [0.25, 0.3) is 0 Å². The third-order valence-corrected chi connectivity index (χ3v) is 2.31. The molecule has 0 fully saturated rings. The molecule has 0 aliphatic heterocycles. The monoisotopic (exact) mass is 241 g/mol. The highest BCUT2D eigenvalue weighted by Gasteiger charge is 1.94. The normalized spacial score (nSPS) is 10.9. The molecule has 1 rings (SSSR count). The first-order valence-corrected chi connectivity index (χ1v) is 6.32. The third-order valence-electron chi connectivity index (χ3n) is 2.31. The molecule has 0 aromatic carbocycles. The number of hydrogen-bond acceptors (Lipinski definition) is 4. The zero-order chi connectivity index (χ0) is 12.2. The van der Waals surface area contributed by atoms with E-state index >= 15 is 0 Å². The van der Waals surface area contributed by atoms with Gasteiger partial charge in [0.2, 0.25) is 0 Å². The highest BCUT2D eigenvalue weighted by molar-refractivity contribution is 4.95. The van der Waals surface area contributed by atoms with Crippen molar-refractivity contribution in [3.05, 3.63) is 24.2 Å². The highest BCUT2D eigenvalue weighted by atomic mass is 16.5. The zero-order valence-corrected chi connectivity index (χ0v) is 10.6. The van der Waals surface area contributed by atoms with E-state index in [-0.39, 0.29) is 0 Å². The molecule has 0 radical (unpaired) electrons. The number of hydrogen-bond donors (Lipinski definition) is 1. The van der Waals surface area contributed by atoms with E-state index in [0.29, 0.717) is 13.2 Å². The lowest BCUT2D eigenvalue weighted by molar-refractivity contribution is 0.102. The van der Waals surface area contributed by atoms with E-state index in [2.05, 4.69) is 12.2 Å². The van der Waals surface area contributed by atoms with Crippen LogP contribution >= 0.6 is 0 Å². The summed E-state index contributed by atoms with van der Waals surface area (Å²) in [6.45, 7) is 6.77. The smallest absolute Gasteiger partial charge is 0.129 e. The molecule has 0 saturated heterocycles. The van der Waals surface area contributed by atoms with E-state index in [0.717, 1.165) is 38.5 Å². The van der Waals surface area contributed by atoms with Gasteiger partial charge in [0.1, 0.15) is 12.4 Å². The molecule has 4 heteroatoms. The van der Waals surface area contributed by atoms with E-state index in [9.17, 15) is 0 Å². The topological polar surface area (TPSA) is 43.6 Å². The Balaban J connectivity index is 1.76. The number of ether oxygens (including phenoxy) is 2. The second-order valence-electron chi connectivity index (χ2n) is 3.85. The van der Waals surface area contributed by atoms with Gasteiger partial charge in [-0.05, 0) is 18.6 Å². The van der Waals surface area contributed by atoms with Gasteiger partial charge in [-0.25, -0.2) is 0 Å². The Morgan fingerprint density at radius 3 is 2.71 bits per heavy atom. The van der Waals surface area contributed by atoms with Crippen LogP contribution in [0.25, 0.3) is 0 Å². The Bertz CT molecular complexity index is 249. The van der Waals surface area contributed by atoms with Gasteiger partial charge < -0.3 is 19.2 Å². The summed E-state index contributed by atoms with van der Waals surface area (Å²) in [5, 5.41) is 3.26. The van der Waals surface area contributed by atoms with Crippen molar-refractivity contribution in [1.82, 2.24) is 5.32 Å². The third kappa shape index (κ3) is 7.96. The van der Waals surface area contributed by atoms with Crippen LogP contribution in [0.3, 0.4) is 0 Å². The molecule has 1 aromatic heterocycles. The van der Waals surface area contributed by atoms with Crippen molar-refractivity contribution in [3.63, 3.8) is 0 Å². The molecule has 0 aliphatic rings. The molecule has 17 heavy (non-hydrogen) atoms. The fourth-order valence-corrected chi connectivity index (χ4v) is 1.33. The largest absolute Gasteiger partial charge is 0.467 e. The van der Waals surface area contributed by atoms with Gasteiger partial charge in [-0.1, -0.05) is 13.3 Å². The molecule has 0 saturated carbocycles. The molecule has 4 nitrogen and oxygen atoms in total. The van der Waals surface area contributed by atoms with Crippen LogP contribution in [0, 0.1) is 0 Å². The first-order chi connectivity index (χ1) is 8.43. The van der Waals surface area contributed by atoms with Crippen LogP contribution in [0.2, 0.25) is 0 Å². The minimum absolute atomic E-state index is 0.543. The van der Waals surface area contributed by atoms with E-state index in [1.54, 1.807) is 6.26 Å². The molecule has 0 atom stereocenters. The summed E-state index contributed by atoms with van der Waals surface area (Å²) < 4.78 is 16.0. The van der Waals surface area contributed by atoms with Gasteiger partial charge in [-0.2, -0.15) is 0 Å². The van der Waals surface area contributed by atoms with Crippen LogP contribution in [0.1, 0.15) is 25.5 Å². The molecule has 98 valence electrons. The molecule has 0 amide bonds. The Labute approximate surface area is 103 Å². The number of furan rings is 1. The summed E-state index contributed by atoms with van der Waals surface area (Å²) in [4.78, 5) is 0. The molecule has 0 spiro atoms. The van der Waals surface area contributed by atoms with Crippen molar-refractivity contribution in [2.75, 3.05) is 32.9 Å². The van der Waals surface area contributed by atoms with Gasteiger partial charge in [-0.3, -0.25) is 0 Å². The maximum absolute atomic E-state index is 5.43. The maximum atomic E-state index is 5.43. The highest BCUT2D eigenvalue weighted by Crippen LogP contribution is 2.00. The standard InChI is InChI=1S/C13H23NO3/c1-2-3-8-15-10-6-14-7-11-16-12-13-5-4-9-17-13/h4-5,9,14H,2-3,6-8,10-12H2,1H3. The Hall–Kier alpha value is -0.840. The lowest BCUT2D eigenvalue weighted by Gasteiger charge is -2.06. The van der Waals surface area contributed by atoms with E-state index in [4.69, 9.17) is 13.9 Å². The summed E-state index contributed by atoms with van der Waals surface area (Å²) in [7, 11) is 0. The van der Waals surface area contributed by atoms with Crippen molar-refractivity contribution in [2.45, 2.75) is 26.4 Å². The van der Waals surface area contributed by atoms with Gasteiger partial charge in [0, 0.05) is 19.7 Å². The zero-order valence-electron chi connectivity index (χ0n) is 10.6. The van der Waals surface area contributed by atoms with Gasteiger partial charge in [0.05, 0.1) is 19.5 Å². The average Bonchev–Trinajstić information content (AvgIpc) is 2.85. The van der Waals surface area contributed by atoms with Crippen molar-refractivity contribution >= 4 is 0 Å². The van der Waals surface area contributed by atoms with Crippen LogP contribution in [0.15, 0.2) is 22.8 Å². The Morgan fingerprint density at radius 2 is 2.00 bits per heavy atom. The summed E-state index contributed by atoms with van der Waals surface area (Å²) in [5.41, 5.74) is 0. The molecule has 0 unspecified atom stereocenters. The summed E-state index contributed by atoms with van der Waals surface area (Å²) in [6, 6.07) is 3.78. The molecule has 1 heterocycles. The fraction of sp³-hybridized carbons (Fsp3) is 0.692. The quantitative estimate of drug-likeness (QED) is 0.603. The van der Waals surface area contributed by atoms with Gasteiger partial charge in [-0.15, -0.1) is 0 Å². The first kappa shape index (κ1) is 14.2. The number of nitrogens with one attached hydrogen (secondary N) is 1. The lowest BCUT2D eigenvalue weighted by atomic mass is 10.4. The average molecular weight is 241 g/mol. The van der Waals surface area contributed by atoms with Crippen LogP contribution in [-0.2, 0) is 16.1 Å². The second kappa shape index (κ2) is 10.3. The Morgan fingerprint density at radius 1 is 1.18 bits per heavy atom. The second-order valence-corrected chi connectivity index (χ2v) is 3.85. The fourth-order valence-electron chi connectivity index (χ4n) is 1.33. The summed E-state index contributed by atoms with van der Waals surface area (Å²) in [6.07, 6.45) is 3.99. The van der Waals surface area contributed by atoms with Crippen molar-refractivity contribution < 1.29 is 13.9 Å². The number of unbranched alkanes of at least 4 members (excludes halogenated alkanes) is 1. The maximum Gasteiger partial charge on any atom is 0.129 e. The number of rotatable bonds is 11. The molecule has 0 bridgehead atoms. The van der Waals surface area contributed by atoms with Crippen molar-refractivity contribution in [2.24, 2.45) is 0 Å². The predicted molar refractivity (Wildman–Crippen MR) is 67.0 cm³/mol. The van der Waals surface area contributed by atoms with Crippen molar-refractivity contribution in [3.8, 4) is 0 Å². The molecular weight excluding hydrogens is 218 g/mol. The lowest BCUT2D eigenvalue weighted by Crippen LogP contribution is -2.24. The van der Waals surface area contributed by atoms with Crippen LogP contribution in [0.5, 0.6) is 0 Å². The molecular formula is C13H23NO3. The SMILES string of the molecule is CCCCOCCNCCOCc1ccco1. The molecule has 0 aliphatic carbocycles. The van der Waals surface area contributed by atoms with E-state index < -0.39 is 0 Å². The van der Waals surface area contributed by atoms with Crippen LogP contribution in [-0.4, -0.2) is 32.9 Å². The predicted octanol–water partition coefficient (Wildman–Crippen LogP) is 2.20. The Kier molecular flexibility index (Phi) is 8.64. The van der Waals surface area contributed by atoms with Gasteiger partial charge in [0.15, 0.2) is 0 Å². The molecule has 1 N–H and O–H groups in total. The van der Waals surface area contributed by atoms with Crippen LogP contribution in [0.4, 0.5) is 0 Å². The van der Waals surface area contributed by atoms with Crippen molar-refractivity contribution in [1.29, 1.82) is 0 Å².